The number of thioether (sulfide) groups is 1. The fraction of sp³-hybridized carbons (Fsp3) is 0.433. The Morgan fingerprint density at radius 3 is 2.42 bits per heavy atom. The van der Waals surface area contributed by atoms with Crippen LogP contribution in [0.5, 0.6) is 17.2 Å². The smallest absolute Gasteiger partial charge is 0.203 e. The van der Waals surface area contributed by atoms with Gasteiger partial charge >= 0.3 is 0 Å². The molecule has 0 unspecified atom stereocenters. The fourth-order valence-electron chi connectivity index (χ4n) is 4.60. The van der Waals surface area contributed by atoms with Crippen LogP contribution >= 0.6 is 11.8 Å². The van der Waals surface area contributed by atoms with Crippen molar-refractivity contribution in [2.75, 3.05) is 34.2 Å². The van der Waals surface area contributed by atoms with Gasteiger partial charge in [-0.2, -0.15) is 0 Å². The molecule has 1 atom stereocenters. The fourth-order valence-corrected chi connectivity index (χ4v) is 5.07. The molecule has 0 radical (unpaired) electrons. The van der Waals surface area contributed by atoms with E-state index in [1.165, 1.54) is 22.9 Å². The highest BCUT2D eigenvalue weighted by molar-refractivity contribution is 7.98. The van der Waals surface area contributed by atoms with Gasteiger partial charge in [0, 0.05) is 5.56 Å². The van der Waals surface area contributed by atoms with Crippen molar-refractivity contribution in [3.8, 4) is 28.4 Å². The summed E-state index contributed by atoms with van der Waals surface area (Å²) >= 11 is 1.45. The number of fused-ring (bicyclic) bond motifs is 3. The van der Waals surface area contributed by atoms with Gasteiger partial charge in [0.25, 0.3) is 0 Å². The number of benzene rings is 1. The van der Waals surface area contributed by atoms with Crippen molar-refractivity contribution >= 4 is 11.8 Å². The zero-order valence-corrected chi connectivity index (χ0v) is 23.3. The van der Waals surface area contributed by atoms with Crippen LogP contribution in [0.4, 0.5) is 0 Å². The Morgan fingerprint density at radius 1 is 1.03 bits per heavy atom. The molecule has 0 amide bonds. The minimum atomic E-state index is -0.231. The Kier molecular flexibility index (Phi) is 10.1. The Labute approximate surface area is 219 Å². The first-order valence-corrected chi connectivity index (χ1v) is 13.5. The van der Waals surface area contributed by atoms with E-state index >= 15 is 0 Å². The summed E-state index contributed by atoms with van der Waals surface area (Å²) in [7, 11) is 4.87. The van der Waals surface area contributed by atoms with Gasteiger partial charge in [-0.15, -0.1) is 11.8 Å². The van der Waals surface area contributed by atoms with Crippen molar-refractivity contribution in [3.05, 3.63) is 68.9 Å². The number of hydrogen-bond acceptors (Lipinski definition) is 6. The number of ether oxygens (including phenoxy) is 4. The SMILES string of the molecule is COc1cc2c(c(OC)c1OC)-c1ccc(SC)c(=O)cc1[C@@H](OC/C=C(\C)CCC=C(C)C)CC2. The molecule has 1 aliphatic carbocycles. The molecule has 2 aromatic rings. The van der Waals surface area contributed by atoms with Gasteiger partial charge in [0.15, 0.2) is 16.9 Å². The third-order valence-electron chi connectivity index (χ3n) is 6.49. The lowest BCUT2D eigenvalue weighted by atomic mass is 9.96. The average Bonchev–Trinajstić information content (AvgIpc) is 3.10. The van der Waals surface area contributed by atoms with Gasteiger partial charge in [-0.3, -0.25) is 4.79 Å². The standard InChI is InChI=1S/C30H38O5S/c1-19(2)9-8-10-20(3)15-16-35-25-13-11-21-17-26(32-4)29(33-5)30(34-6)28(21)22-12-14-27(36-7)24(31)18-23(22)25/h9,12,14-15,17-18,25H,8,10-11,13,16H2,1-7H3/b20-15+/t25-/m0/s1. The number of hydrogen-bond donors (Lipinski definition) is 0. The minimum Gasteiger partial charge on any atom is -0.493 e. The highest BCUT2D eigenvalue weighted by atomic mass is 32.2. The van der Waals surface area contributed by atoms with E-state index in [1.54, 1.807) is 27.4 Å². The second-order valence-corrected chi connectivity index (χ2v) is 10.0. The molecule has 36 heavy (non-hydrogen) atoms. The van der Waals surface area contributed by atoms with Crippen LogP contribution in [0, 0.1) is 0 Å². The zero-order chi connectivity index (χ0) is 26.2. The Bertz CT molecular complexity index is 1190. The summed E-state index contributed by atoms with van der Waals surface area (Å²) in [6, 6.07) is 7.65. The van der Waals surface area contributed by atoms with Crippen molar-refractivity contribution in [2.24, 2.45) is 0 Å². The molecular formula is C30H38O5S. The van der Waals surface area contributed by atoms with E-state index in [0.29, 0.717) is 28.8 Å². The number of aryl methyl sites for hydroxylation is 1. The summed E-state index contributed by atoms with van der Waals surface area (Å²) in [5.41, 5.74) is 6.43. The van der Waals surface area contributed by atoms with Crippen LogP contribution in [-0.4, -0.2) is 34.2 Å². The second-order valence-electron chi connectivity index (χ2n) is 9.19. The largest absolute Gasteiger partial charge is 0.493 e. The molecular weight excluding hydrogens is 472 g/mol. The van der Waals surface area contributed by atoms with E-state index < -0.39 is 0 Å². The topological polar surface area (TPSA) is 54.0 Å². The van der Waals surface area contributed by atoms with Gasteiger partial charge in [0.05, 0.1) is 38.9 Å². The maximum atomic E-state index is 13.1. The van der Waals surface area contributed by atoms with E-state index in [4.69, 9.17) is 18.9 Å². The van der Waals surface area contributed by atoms with Gasteiger partial charge in [-0.05, 0) is 87.6 Å². The first-order chi connectivity index (χ1) is 17.3. The lowest BCUT2D eigenvalue weighted by molar-refractivity contribution is 0.0683. The van der Waals surface area contributed by atoms with E-state index in [-0.39, 0.29) is 11.5 Å². The number of allylic oxidation sites excluding steroid dienone is 3. The summed E-state index contributed by atoms with van der Waals surface area (Å²) < 4.78 is 23.6. The molecule has 0 heterocycles. The lowest BCUT2D eigenvalue weighted by Crippen LogP contribution is -2.08. The van der Waals surface area contributed by atoms with Crippen molar-refractivity contribution < 1.29 is 18.9 Å². The van der Waals surface area contributed by atoms with Crippen LogP contribution in [0.1, 0.15) is 57.3 Å². The molecule has 0 spiro atoms. The van der Waals surface area contributed by atoms with Crippen LogP contribution in [0.3, 0.4) is 0 Å². The zero-order valence-electron chi connectivity index (χ0n) is 22.5. The van der Waals surface area contributed by atoms with Crippen LogP contribution < -0.4 is 19.6 Å². The first-order valence-electron chi connectivity index (χ1n) is 12.3. The quantitative estimate of drug-likeness (QED) is 0.250. The van der Waals surface area contributed by atoms with Gasteiger partial charge < -0.3 is 18.9 Å². The molecule has 0 saturated heterocycles. The van der Waals surface area contributed by atoms with E-state index in [0.717, 1.165) is 47.9 Å². The van der Waals surface area contributed by atoms with Crippen LogP contribution in [-0.2, 0) is 11.2 Å². The van der Waals surface area contributed by atoms with E-state index in [1.807, 2.05) is 24.5 Å². The van der Waals surface area contributed by atoms with Gasteiger partial charge in [-0.25, -0.2) is 0 Å². The highest BCUT2D eigenvalue weighted by Gasteiger charge is 2.29. The summed E-state index contributed by atoms with van der Waals surface area (Å²) in [5.74, 6) is 1.77. The molecule has 0 aromatic heterocycles. The molecule has 2 aromatic carbocycles. The van der Waals surface area contributed by atoms with Gasteiger partial charge in [-0.1, -0.05) is 29.4 Å². The number of rotatable bonds is 10. The molecule has 1 aliphatic rings. The van der Waals surface area contributed by atoms with Crippen molar-refractivity contribution in [1.29, 1.82) is 0 Å². The van der Waals surface area contributed by atoms with Crippen LogP contribution in [0.2, 0.25) is 0 Å². The Balaban J connectivity index is 2.08. The summed E-state index contributed by atoms with van der Waals surface area (Å²) in [4.78, 5) is 13.7. The highest BCUT2D eigenvalue weighted by Crippen LogP contribution is 2.50. The molecule has 0 bridgehead atoms. The third kappa shape index (κ3) is 6.34. The third-order valence-corrected chi connectivity index (χ3v) is 7.26. The molecule has 6 heteroatoms. The van der Waals surface area contributed by atoms with Gasteiger partial charge in [0.1, 0.15) is 0 Å². The monoisotopic (exact) mass is 510 g/mol. The van der Waals surface area contributed by atoms with Crippen LogP contribution in [0.15, 0.2) is 57.3 Å². The van der Waals surface area contributed by atoms with E-state index in [2.05, 4.69) is 32.9 Å². The minimum absolute atomic E-state index is 0.00584. The average molecular weight is 511 g/mol. The maximum Gasteiger partial charge on any atom is 0.203 e. The number of methoxy groups -OCH3 is 3. The summed E-state index contributed by atoms with van der Waals surface area (Å²) in [6.45, 7) is 6.88. The first kappa shape index (κ1) is 27.9. The van der Waals surface area contributed by atoms with Gasteiger partial charge in [0.2, 0.25) is 5.75 Å². The second kappa shape index (κ2) is 13.0. The van der Waals surface area contributed by atoms with E-state index in [9.17, 15) is 4.79 Å². The molecule has 0 N–H and O–H groups in total. The van der Waals surface area contributed by atoms with Crippen LogP contribution in [0.25, 0.3) is 11.1 Å². The lowest BCUT2D eigenvalue weighted by Gasteiger charge is -2.19. The Morgan fingerprint density at radius 2 is 1.78 bits per heavy atom. The molecule has 5 nitrogen and oxygen atoms in total. The maximum absolute atomic E-state index is 13.1. The molecule has 0 aliphatic heterocycles. The molecule has 0 saturated carbocycles. The molecule has 3 rings (SSSR count). The molecule has 0 fully saturated rings. The van der Waals surface area contributed by atoms with Crippen molar-refractivity contribution in [1.82, 2.24) is 0 Å². The predicted molar refractivity (Wildman–Crippen MR) is 149 cm³/mol. The Hall–Kier alpha value is -2.70. The summed E-state index contributed by atoms with van der Waals surface area (Å²) in [6.07, 6.45) is 9.62. The van der Waals surface area contributed by atoms with Crippen molar-refractivity contribution in [3.63, 3.8) is 0 Å². The van der Waals surface area contributed by atoms with Crippen molar-refractivity contribution in [2.45, 2.75) is 57.5 Å². The molecule has 194 valence electrons. The predicted octanol–water partition coefficient (Wildman–Crippen LogP) is 7.16. The normalized spacial score (nSPS) is 14.9. The summed E-state index contributed by atoms with van der Waals surface area (Å²) in [5, 5.41) is 0.